The molecular formula is C15H21N3O. The van der Waals surface area contributed by atoms with Gasteiger partial charge in [-0.2, -0.15) is 0 Å². The topological polar surface area (TPSA) is 59.2 Å². The number of hydrogen-bond acceptors (Lipinski definition) is 3. The molecule has 1 rings (SSSR count). The lowest BCUT2D eigenvalue weighted by molar-refractivity contribution is -0.133. The van der Waals surface area contributed by atoms with Crippen LogP contribution in [0.4, 0.5) is 5.69 Å². The highest BCUT2D eigenvalue weighted by molar-refractivity contribution is 5.78. The minimum Gasteiger partial charge on any atom is -0.397 e. The van der Waals surface area contributed by atoms with Gasteiger partial charge in [0, 0.05) is 12.5 Å². The number of anilines is 1. The van der Waals surface area contributed by atoms with Gasteiger partial charge in [-0.05, 0) is 24.5 Å². The molecule has 1 aromatic heterocycles. The predicted molar refractivity (Wildman–Crippen MR) is 77.2 cm³/mol. The van der Waals surface area contributed by atoms with E-state index >= 15 is 0 Å². The van der Waals surface area contributed by atoms with Crippen LogP contribution in [0, 0.1) is 17.8 Å². The average Bonchev–Trinajstić information content (AvgIpc) is 2.39. The van der Waals surface area contributed by atoms with Crippen LogP contribution >= 0.6 is 0 Å². The minimum absolute atomic E-state index is 0.00278. The van der Waals surface area contributed by atoms with E-state index in [0.717, 1.165) is 13.0 Å². The molecule has 0 aliphatic carbocycles. The van der Waals surface area contributed by atoms with E-state index in [4.69, 9.17) is 5.73 Å². The van der Waals surface area contributed by atoms with Gasteiger partial charge in [0.2, 0.25) is 5.91 Å². The first-order valence-corrected chi connectivity index (χ1v) is 6.53. The van der Waals surface area contributed by atoms with Crippen LogP contribution in [0.15, 0.2) is 18.3 Å². The van der Waals surface area contributed by atoms with E-state index in [-0.39, 0.29) is 11.8 Å². The first-order valence-electron chi connectivity index (χ1n) is 6.53. The van der Waals surface area contributed by atoms with Crippen LogP contribution in [0.5, 0.6) is 0 Å². The largest absolute Gasteiger partial charge is 0.397 e. The number of carbonyl (C=O) groups excluding carboxylic acids is 1. The third-order valence-electron chi connectivity index (χ3n) is 2.57. The standard InChI is InChI=1S/C15H21N3O/c1-4-9-18(15(19)12(2)3)10-5-6-14-8-7-13(16)11-17-14/h7-8,11-12H,4,9-10,16H2,1-3H3. The molecule has 4 nitrogen and oxygen atoms in total. The molecule has 19 heavy (non-hydrogen) atoms. The van der Waals surface area contributed by atoms with Crippen LogP contribution in [0.1, 0.15) is 32.9 Å². The SMILES string of the molecule is CCCN(CC#Cc1ccc(N)cn1)C(=O)C(C)C. The number of nitrogen functional groups attached to an aromatic ring is 1. The van der Waals surface area contributed by atoms with E-state index < -0.39 is 0 Å². The average molecular weight is 259 g/mol. The smallest absolute Gasteiger partial charge is 0.225 e. The molecule has 1 amide bonds. The summed E-state index contributed by atoms with van der Waals surface area (Å²) in [7, 11) is 0. The summed E-state index contributed by atoms with van der Waals surface area (Å²) in [5.74, 6) is 6.08. The van der Waals surface area contributed by atoms with Crippen molar-refractivity contribution in [3.63, 3.8) is 0 Å². The number of rotatable bonds is 4. The van der Waals surface area contributed by atoms with Crippen LogP contribution in [0.2, 0.25) is 0 Å². The van der Waals surface area contributed by atoms with E-state index in [1.54, 1.807) is 23.2 Å². The third kappa shape index (κ3) is 5.01. The Bertz CT molecular complexity index is 468. The quantitative estimate of drug-likeness (QED) is 0.840. The van der Waals surface area contributed by atoms with Crippen molar-refractivity contribution in [2.24, 2.45) is 5.92 Å². The number of nitrogens with zero attached hydrogens (tertiary/aromatic N) is 2. The lowest BCUT2D eigenvalue weighted by Crippen LogP contribution is -2.35. The highest BCUT2D eigenvalue weighted by atomic mass is 16.2. The Hall–Kier alpha value is -2.02. The maximum absolute atomic E-state index is 11.9. The zero-order valence-electron chi connectivity index (χ0n) is 11.8. The Balaban J connectivity index is 2.66. The van der Waals surface area contributed by atoms with E-state index in [1.165, 1.54) is 0 Å². The first kappa shape index (κ1) is 15.0. The monoisotopic (exact) mass is 259 g/mol. The number of carbonyl (C=O) groups is 1. The molecule has 0 bridgehead atoms. The van der Waals surface area contributed by atoms with E-state index in [1.807, 2.05) is 13.8 Å². The summed E-state index contributed by atoms with van der Waals surface area (Å²) in [6, 6.07) is 3.54. The maximum atomic E-state index is 11.9. The highest BCUT2D eigenvalue weighted by Gasteiger charge is 2.14. The van der Waals surface area contributed by atoms with Crippen molar-refractivity contribution in [2.75, 3.05) is 18.8 Å². The lowest BCUT2D eigenvalue weighted by atomic mass is 10.2. The van der Waals surface area contributed by atoms with Gasteiger partial charge in [-0.15, -0.1) is 0 Å². The summed E-state index contributed by atoms with van der Waals surface area (Å²) in [5, 5.41) is 0. The molecular weight excluding hydrogens is 238 g/mol. The number of nitrogens with two attached hydrogens (primary N) is 1. The molecule has 0 radical (unpaired) electrons. The van der Waals surface area contributed by atoms with Crippen LogP contribution < -0.4 is 5.73 Å². The van der Waals surface area contributed by atoms with Gasteiger partial charge >= 0.3 is 0 Å². The van der Waals surface area contributed by atoms with Crippen molar-refractivity contribution in [3.05, 3.63) is 24.0 Å². The van der Waals surface area contributed by atoms with Crippen LogP contribution in [0.25, 0.3) is 0 Å². The van der Waals surface area contributed by atoms with Gasteiger partial charge in [0.05, 0.1) is 18.4 Å². The van der Waals surface area contributed by atoms with Crippen molar-refractivity contribution in [1.82, 2.24) is 9.88 Å². The number of aromatic nitrogens is 1. The molecule has 0 saturated heterocycles. The van der Waals surface area contributed by atoms with E-state index in [9.17, 15) is 4.79 Å². The fraction of sp³-hybridized carbons (Fsp3) is 0.467. The molecule has 102 valence electrons. The summed E-state index contributed by atoms with van der Waals surface area (Å²) in [5.41, 5.74) is 6.84. The van der Waals surface area contributed by atoms with Crippen LogP contribution in [-0.4, -0.2) is 28.9 Å². The van der Waals surface area contributed by atoms with Gasteiger partial charge in [0.1, 0.15) is 5.69 Å². The summed E-state index contributed by atoms with van der Waals surface area (Å²) in [6.45, 7) is 7.03. The molecule has 4 heteroatoms. The zero-order valence-corrected chi connectivity index (χ0v) is 11.8. The highest BCUT2D eigenvalue weighted by Crippen LogP contribution is 2.02. The van der Waals surface area contributed by atoms with Crippen LogP contribution in [-0.2, 0) is 4.79 Å². The Morgan fingerprint density at radius 2 is 2.21 bits per heavy atom. The van der Waals surface area contributed by atoms with Gasteiger partial charge in [0.25, 0.3) is 0 Å². The second kappa shape index (κ2) is 7.42. The molecule has 0 unspecified atom stereocenters. The molecule has 0 aliphatic heterocycles. The summed E-state index contributed by atoms with van der Waals surface area (Å²) >= 11 is 0. The van der Waals surface area contributed by atoms with Crippen LogP contribution in [0.3, 0.4) is 0 Å². The lowest BCUT2D eigenvalue weighted by Gasteiger charge is -2.21. The molecule has 0 atom stereocenters. The fourth-order valence-corrected chi connectivity index (χ4v) is 1.61. The molecule has 0 aromatic carbocycles. The van der Waals surface area contributed by atoms with E-state index in [0.29, 0.717) is 17.9 Å². The van der Waals surface area contributed by atoms with Crippen molar-refractivity contribution < 1.29 is 4.79 Å². The molecule has 1 aromatic rings. The third-order valence-corrected chi connectivity index (χ3v) is 2.57. The fourth-order valence-electron chi connectivity index (χ4n) is 1.61. The Labute approximate surface area is 115 Å². The first-order chi connectivity index (χ1) is 9.04. The Morgan fingerprint density at radius 3 is 2.74 bits per heavy atom. The number of pyridine rings is 1. The van der Waals surface area contributed by atoms with Gasteiger partial charge in [-0.3, -0.25) is 4.79 Å². The predicted octanol–water partition coefficient (Wildman–Crippen LogP) is 1.91. The molecule has 2 N–H and O–H groups in total. The number of amides is 1. The van der Waals surface area contributed by atoms with Crippen molar-refractivity contribution in [2.45, 2.75) is 27.2 Å². The summed E-state index contributed by atoms with van der Waals surface area (Å²) in [4.78, 5) is 17.8. The minimum atomic E-state index is 0.00278. The molecule has 0 aliphatic rings. The molecule has 0 fully saturated rings. The van der Waals surface area contributed by atoms with Gasteiger partial charge in [-0.1, -0.05) is 26.7 Å². The second-order valence-electron chi connectivity index (χ2n) is 4.69. The van der Waals surface area contributed by atoms with Crippen molar-refractivity contribution in [3.8, 4) is 11.8 Å². The van der Waals surface area contributed by atoms with Gasteiger partial charge in [0.15, 0.2) is 0 Å². The Morgan fingerprint density at radius 1 is 1.47 bits per heavy atom. The maximum Gasteiger partial charge on any atom is 0.225 e. The summed E-state index contributed by atoms with van der Waals surface area (Å²) < 4.78 is 0. The van der Waals surface area contributed by atoms with Crippen molar-refractivity contribution >= 4 is 11.6 Å². The zero-order chi connectivity index (χ0) is 14.3. The normalized spacial score (nSPS) is 9.89. The second-order valence-corrected chi connectivity index (χ2v) is 4.69. The molecule has 1 heterocycles. The Kier molecular flexibility index (Phi) is 5.87. The van der Waals surface area contributed by atoms with Gasteiger partial charge in [-0.25, -0.2) is 4.98 Å². The van der Waals surface area contributed by atoms with Gasteiger partial charge < -0.3 is 10.6 Å². The number of hydrogen-bond donors (Lipinski definition) is 1. The molecule has 0 spiro atoms. The van der Waals surface area contributed by atoms with E-state index in [2.05, 4.69) is 23.7 Å². The van der Waals surface area contributed by atoms with Crippen molar-refractivity contribution in [1.29, 1.82) is 0 Å². The summed E-state index contributed by atoms with van der Waals surface area (Å²) in [6.07, 6.45) is 2.51. The molecule has 0 saturated carbocycles.